The number of hydrogen-bond donors (Lipinski definition) is 1. The lowest BCUT2D eigenvalue weighted by atomic mass is 10.1. The fraction of sp³-hybridized carbons (Fsp3) is 0.435. The molecule has 2 aromatic rings. The van der Waals surface area contributed by atoms with Crippen molar-refractivity contribution >= 4 is 11.6 Å². The van der Waals surface area contributed by atoms with Gasteiger partial charge in [-0.15, -0.1) is 0 Å². The summed E-state index contributed by atoms with van der Waals surface area (Å²) in [6.07, 6.45) is 0.931. The number of benzene rings is 2. The van der Waals surface area contributed by atoms with Crippen LogP contribution in [0.4, 0.5) is 5.69 Å². The van der Waals surface area contributed by atoms with E-state index in [2.05, 4.69) is 24.4 Å². The molecule has 1 amide bonds. The molecule has 150 valence electrons. The number of nitrogens with zero attached hydrogens (tertiary/aromatic N) is 1. The molecule has 0 spiro atoms. The summed E-state index contributed by atoms with van der Waals surface area (Å²) in [5, 5.41) is 2.12. The predicted molar refractivity (Wildman–Crippen MR) is 111 cm³/mol. The lowest BCUT2D eigenvalue weighted by molar-refractivity contribution is -0.710. The molecule has 0 radical (unpaired) electrons. The summed E-state index contributed by atoms with van der Waals surface area (Å²) >= 11 is 0. The number of carbonyl (C=O) groups excluding carboxylic acids is 1. The average Bonchev–Trinajstić information content (AvgIpc) is 3.13. The van der Waals surface area contributed by atoms with Gasteiger partial charge in [-0.05, 0) is 63.9 Å². The zero-order valence-electron chi connectivity index (χ0n) is 17.3. The number of fused-ring (bicyclic) bond motifs is 1. The molecule has 0 bridgehead atoms. The number of nitrogens with two attached hydrogens (primary N) is 1. The highest BCUT2D eigenvalue weighted by molar-refractivity contribution is 5.97. The van der Waals surface area contributed by atoms with Crippen molar-refractivity contribution in [1.29, 1.82) is 0 Å². The SMILES string of the molecule is CCOc1ccc([C@@H](C)[NH2+][C@@H](C)C(=O)N2CCc3ccccc32)cc1OCC. The Hall–Kier alpha value is -2.53. The third kappa shape index (κ3) is 4.30. The van der Waals surface area contributed by atoms with Crippen molar-refractivity contribution in [1.82, 2.24) is 0 Å². The normalized spacial score (nSPS) is 15.1. The molecule has 5 heteroatoms. The number of hydrogen-bond acceptors (Lipinski definition) is 3. The summed E-state index contributed by atoms with van der Waals surface area (Å²) in [4.78, 5) is 15.0. The van der Waals surface area contributed by atoms with E-state index < -0.39 is 0 Å². The number of rotatable bonds is 8. The summed E-state index contributed by atoms with van der Waals surface area (Å²) in [5.74, 6) is 1.68. The molecule has 2 N–H and O–H groups in total. The van der Waals surface area contributed by atoms with Crippen molar-refractivity contribution in [2.24, 2.45) is 0 Å². The van der Waals surface area contributed by atoms with Crippen LogP contribution in [-0.4, -0.2) is 31.7 Å². The highest BCUT2D eigenvalue weighted by Crippen LogP contribution is 2.30. The Morgan fingerprint density at radius 1 is 1.07 bits per heavy atom. The van der Waals surface area contributed by atoms with Crippen molar-refractivity contribution in [3.63, 3.8) is 0 Å². The van der Waals surface area contributed by atoms with E-state index in [1.807, 2.05) is 56.0 Å². The summed E-state index contributed by atoms with van der Waals surface area (Å²) in [7, 11) is 0. The lowest BCUT2D eigenvalue weighted by Crippen LogP contribution is -2.92. The smallest absolute Gasteiger partial charge is 0.284 e. The van der Waals surface area contributed by atoms with Gasteiger partial charge in [-0.3, -0.25) is 4.79 Å². The average molecular weight is 384 g/mol. The van der Waals surface area contributed by atoms with Gasteiger partial charge in [0, 0.05) is 17.8 Å². The third-order valence-corrected chi connectivity index (χ3v) is 5.21. The molecule has 1 aliphatic rings. The lowest BCUT2D eigenvalue weighted by Gasteiger charge is -2.23. The van der Waals surface area contributed by atoms with Gasteiger partial charge in [0.1, 0.15) is 6.04 Å². The highest BCUT2D eigenvalue weighted by atomic mass is 16.5. The van der Waals surface area contributed by atoms with Crippen molar-refractivity contribution in [3.05, 3.63) is 53.6 Å². The molecule has 3 rings (SSSR count). The van der Waals surface area contributed by atoms with E-state index in [9.17, 15) is 4.79 Å². The summed E-state index contributed by atoms with van der Waals surface area (Å²) in [5.41, 5.74) is 3.43. The van der Waals surface area contributed by atoms with Gasteiger partial charge in [-0.1, -0.05) is 18.2 Å². The van der Waals surface area contributed by atoms with Gasteiger partial charge in [0.25, 0.3) is 5.91 Å². The van der Waals surface area contributed by atoms with Crippen molar-refractivity contribution < 1.29 is 19.6 Å². The van der Waals surface area contributed by atoms with Crippen LogP contribution in [0.5, 0.6) is 11.5 Å². The summed E-state index contributed by atoms with van der Waals surface area (Å²) < 4.78 is 11.4. The largest absolute Gasteiger partial charge is 0.490 e. The van der Waals surface area contributed by atoms with Crippen LogP contribution in [0.2, 0.25) is 0 Å². The highest BCUT2D eigenvalue weighted by Gasteiger charge is 2.30. The van der Waals surface area contributed by atoms with E-state index in [-0.39, 0.29) is 18.0 Å². The molecule has 2 atom stereocenters. The van der Waals surface area contributed by atoms with Crippen LogP contribution in [0.3, 0.4) is 0 Å². The van der Waals surface area contributed by atoms with Crippen LogP contribution < -0.4 is 19.7 Å². The second kappa shape index (κ2) is 9.11. The molecule has 28 heavy (non-hydrogen) atoms. The molecule has 1 heterocycles. The molecule has 1 aliphatic heterocycles. The summed E-state index contributed by atoms with van der Waals surface area (Å²) in [6.45, 7) is 9.98. The maximum Gasteiger partial charge on any atom is 0.284 e. The van der Waals surface area contributed by atoms with Crippen LogP contribution >= 0.6 is 0 Å². The first-order valence-corrected chi connectivity index (χ1v) is 10.2. The number of para-hydroxylation sites is 1. The van der Waals surface area contributed by atoms with Gasteiger partial charge in [0.15, 0.2) is 17.5 Å². The number of amides is 1. The van der Waals surface area contributed by atoms with Crippen LogP contribution in [0.25, 0.3) is 0 Å². The fourth-order valence-corrected chi connectivity index (χ4v) is 3.79. The summed E-state index contributed by atoms with van der Waals surface area (Å²) in [6, 6.07) is 14.2. The molecular formula is C23H31N2O3+. The van der Waals surface area contributed by atoms with E-state index in [0.717, 1.165) is 35.7 Å². The van der Waals surface area contributed by atoms with E-state index in [1.54, 1.807) is 0 Å². The third-order valence-electron chi connectivity index (χ3n) is 5.21. The van der Waals surface area contributed by atoms with Crippen molar-refractivity contribution in [2.75, 3.05) is 24.7 Å². The number of ether oxygens (including phenoxy) is 2. The van der Waals surface area contributed by atoms with Crippen LogP contribution in [0.1, 0.15) is 44.9 Å². The Kier molecular flexibility index (Phi) is 6.57. The minimum Gasteiger partial charge on any atom is -0.490 e. The van der Waals surface area contributed by atoms with Crippen LogP contribution in [0, 0.1) is 0 Å². The number of carbonyl (C=O) groups is 1. The molecule has 2 aromatic carbocycles. The maximum atomic E-state index is 13.0. The van der Waals surface area contributed by atoms with Crippen molar-refractivity contribution in [3.8, 4) is 11.5 Å². The van der Waals surface area contributed by atoms with E-state index >= 15 is 0 Å². The molecule has 0 unspecified atom stereocenters. The Morgan fingerprint density at radius 2 is 1.79 bits per heavy atom. The minimum absolute atomic E-state index is 0.131. The zero-order chi connectivity index (χ0) is 20.1. The topological polar surface area (TPSA) is 55.4 Å². The van der Waals surface area contributed by atoms with Gasteiger partial charge in [0.05, 0.1) is 13.2 Å². The van der Waals surface area contributed by atoms with E-state index in [0.29, 0.717) is 13.2 Å². The van der Waals surface area contributed by atoms with Gasteiger partial charge < -0.3 is 19.7 Å². The maximum absolute atomic E-state index is 13.0. The van der Waals surface area contributed by atoms with Gasteiger partial charge in [0.2, 0.25) is 0 Å². The molecule has 0 aromatic heterocycles. The molecule has 0 aliphatic carbocycles. The fourth-order valence-electron chi connectivity index (χ4n) is 3.79. The first-order valence-electron chi connectivity index (χ1n) is 10.2. The Balaban J connectivity index is 1.69. The Labute approximate surface area is 167 Å². The molecule has 0 saturated carbocycles. The monoisotopic (exact) mass is 383 g/mol. The van der Waals surface area contributed by atoms with Gasteiger partial charge in [-0.25, -0.2) is 0 Å². The van der Waals surface area contributed by atoms with Crippen LogP contribution in [0.15, 0.2) is 42.5 Å². The van der Waals surface area contributed by atoms with Crippen molar-refractivity contribution in [2.45, 2.75) is 46.2 Å². The Bertz CT molecular complexity index is 821. The van der Waals surface area contributed by atoms with E-state index in [4.69, 9.17) is 9.47 Å². The minimum atomic E-state index is -0.164. The zero-order valence-corrected chi connectivity index (χ0v) is 17.3. The first-order chi connectivity index (χ1) is 13.5. The molecule has 0 fully saturated rings. The number of anilines is 1. The Morgan fingerprint density at radius 3 is 2.54 bits per heavy atom. The van der Waals surface area contributed by atoms with Crippen LogP contribution in [-0.2, 0) is 11.2 Å². The second-order valence-corrected chi connectivity index (χ2v) is 7.21. The quantitative estimate of drug-likeness (QED) is 0.762. The molecular weight excluding hydrogens is 352 g/mol. The predicted octanol–water partition coefficient (Wildman–Crippen LogP) is 3.09. The first kappa shape index (κ1) is 20.2. The van der Waals surface area contributed by atoms with E-state index in [1.165, 1.54) is 5.56 Å². The molecule has 0 saturated heterocycles. The second-order valence-electron chi connectivity index (χ2n) is 7.21. The van der Waals surface area contributed by atoms with Gasteiger partial charge >= 0.3 is 0 Å². The standard InChI is InChI=1S/C23H30N2O3/c1-5-27-21-12-11-19(15-22(21)28-6-2)16(3)24-17(4)23(26)25-14-13-18-9-7-8-10-20(18)25/h7-12,15-17,24H,5-6,13-14H2,1-4H3/p+1/t16-,17+/m1/s1. The van der Waals surface area contributed by atoms with Gasteiger partial charge in [-0.2, -0.15) is 0 Å². The number of quaternary nitrogens is 1. The molecule has 5 nitrogen and oxygen atoms in total.